The van der Waals surface area contributed by atoms with Gasteiger partial charge in [0.25, 0.3) is 11.8 Å². The summed E-state index contributed by atoms with van der Waals surface area (Å²) in [5, 5.41) is 3.00. The molecule has 3 amide bonds. The highest BCUT2D eigenvalue weighted by molar-refractivity contribution is 5.91. The predicted octanol–water partition coefficient (Wildman–Crippen LogP) is 1.56. The summed E-state index contributed by atoms with van der Waals surface area (Å²) in [6.45, 7) is 4.23. The van der Waals surface area contributed by atoms with Crippen LogP contribution in [0.3, 0.4) is 0 Å². The number of hydrogen-bond acceptors (Lipinski definition) is 7. The third-order valence-corrected chi connectivity index (χ3v) is 7.58. The first-order valence-corrected chi connectivity index (χ1v) is 13.5. The zero-order valence-corrected chi connectivity index (χ0v) is 21.7. The summed E-state index contributed by atoms with van der Waals surface area (Å²) in [4.78, 5) is 44.5. The quantitative estimate of drug-likeness (QED) is 0.650. The van der Waals surface area contributed by atoms with Gasteiger partial charge in [0, 0.05) is 39.3 Å². The maximum absolute atomic E-state index is 13.3. The zero-order valence-electron chi connectivity index (χ0n) is 21.7. The van der Waals surface area contributed by atoms with Crippen LogP contribution in [0.1, 0.15) is 35.4 Å². The molecule has 3 aliphatic heterocycles. The van der Waals surface area contributed by atoms with E-state index < -0.39 is 5.60 Å². The number of morpholine rings is 1. The smallest absolute Gasteiger partial charge is 0.289 e. The molecule has 2 aromatic rings. The van der Waals surface area contributed by atoms with Crippen LogP contribution >= 0.6 is 0 Å². The summed E-state index contributed by atoms with van der Waals surface area (Å²) >= 11 is 0. The van der Waals surface area contributed by atoms with Gasteiger partial charge < -0.3 is 29.0 Å². The number of ether oxygens (including phenoxy) is 2. The number of furan rings is 1. The van der Waals surface area contributed by atoms with Crippen LogP contribution < -0.4 is 10.1 Å². The summed E-state index contributed by atoms with van der Waals surface area (Å²) in [5.41, 5.74) is 0.196. The summed E-state index contributed by atoms with van der Waals surface area (Å²) in [6.07, 6.45) is 4.70. The molecule has 38 heavy (non-hydrogen) atoms. The molecule has 5 rings (SSSR count). The molecule has 10 heteroatoms. The van der Waals surface area contributed by atoms with Crippen LogP contribution in [-0.4, -0.2) is 104 Å². The molecule has 2 saturated heterocycles. The second-order valence-corrected chi connectivity index (χ2v) is 10.1. The Hall–Kier alpha value is -3.37. The van der Waals surface area contributed by atoms with Crippen molar-refractivity contribution in [1.29, 1.82) is 0 Å². The normalized spacial score (nSPS) is 23.5. The number of piperazine rings is 1. The van der Waals surface area contributed by atoms with Crippen LogP contribution in [0.2, 0.25) is 0 Å². The molecular formula is C28H36N4O6. The van der Waals surface area contributed by atoms with E-state index in [1.54, 1.807) is 21.9 Å². The summed E-state index contributed by atoms with van der Waals surface area (Å²) in [6, 6.07) is 11.4. The van der Waals surface area contributed by atoms with Crippen molar-refractivity contribution in [1.82, 2.24) is 20.0 Å². The van der Waals surface area contributed by atoms with Crippen LogP contribution in [0.25, 0.3) is 0 Å². The van der Waals surface area contributed by atoms with Crippen molar-refractivity contribution in [2.24, 2.45) is 0 Å². The maximum Gasteiger partial charge on any atom is 0.289 e. The van der Waals surface area contributed by atoms with Gasteiger partial charge in [-0.1, -0.05) is 18.2 Å². The Morgan fingerprint density at radius 2 is 1.76 bits per heavy atom. The average Bonchev–Trinajstić information content (AvgIpc) is 3.48. The van der Waals surface area contributed by atoms with E-state index in [0.717, 1.165) is 25.0 Å². The van der Waals surface area contributed by atoms with Gasteiger partial charge in [-0.3, -0.25) is 19.3 Å². The van der Waals surface area contributed by atoms with E-state index in [-0.39, 0.29) is 24.3 Å². The van der Waals surface area contributed by atoms with Crippen LogP contribution in [-0.2, 0) is 20.7 Å². The number of nitrogens with one attached hydrogen (secondary N) is 1. The van der Waals surface area contributed by atoms with Gasteiger partial charge >= 0.3 is 0 Å². The van der Waals surface area contributed by atoms with Gasteiger partial charge in [-0.25, -0.2) is 0 Å². The van der Waals surface area contributed by atoms with E-state index >= 15 is 0 Å². The lowest BCUT2D eigenvalue weighted by Gasteiger charge is -2.42. The number of carbonyl (C=O) groups is 3. The summed E-state index contributed by atoms with van der Waals surface area (Å²) < 4.78 is 17.3. The molecule has 1 spiro atoms. The SMILES string of the molecule is O=C(CN1CCOC2(CCCCc3ccccc3OCCNC2=O)C1)N1CCN(C(=O)c2ccco2)CC1. The molecule has 1 atom stereocenters. The Labute approximate surface area is 222 Å². The first kappa shape index (κ1) is 26.2. The summed E-state index contributed by atoms with van der Waals surface area (Å²) in [7, 11) is 0. The highest BCUT2D eigenvalue weighted by Crippen LogP contribution is 2.27. The number of rotatable bonds is 3. The van der Waals surface area contributed by atoms with Crippen molar-refractivity contribution >= 4 is 17.7 Å². The Morgan fingerprint density at radius 3 is 2.58 bits per heavy atom. The minimum atomic E-state index is -0.981. The fourth-order valence-corrected chi connectivity index (χ4v) is 5.46. The molecule has 1 N–H and O–H groups in total. The molecule has 204 valence electrons. The van der Waals surface area contributed by atoms with Crippen LogP contribution in [0.15, 0.2) is 47.1 Å². The molecule has 4 heterocycles. The third kappa shape index (κ3) is 6.02. The van der Waals surface area contributed by atoms with Crippen molar-refractivity contribution < 1.29 is 28.3 Å². The summed E-state index contributed by atoms with van der Waals surface area (Å²) in [5.74, 6) is 0.902. The van der Waals surface area contributed by atoms with Gasteiger partial charge in [0.15, 0.2) is 11.4 Å². The zero-order chi connectivity index (χ0) is 26.4. The van der Waals surface area contributed by atoms with E-state index in [2.05, 4.69) is 11.4 Å². The van der Waals surface area contributed by atoms with E-state index in [1.165, 1.54) is 11.8 Å². The van der Waals surface area contributed by atoms with Crippen molar-refractivity contribution in [3.8, 4) is 5.75 Å². The lowest BCUT2D eigenvalue weighted by atomic mass is 9.91. The van der Waals surface area contributed by atoms with Crippen LogP contribution in [0.5, 0.6) is 5.75 Å². The molecule has 10 nitrogen and oxygen atoms in total. The van der Waals surface area contributed by atoms with E-state index in [0.29, 0.717) is 71.2 Å². The molecule has 0 saturated carbocycles. The van der Waals surface area contributed by atoms with Gasteiger partial charge in [-0.15, -0.1) is 0 Å². The standard InChI is InChI=1S/C28H36N4O6/c33-25(31-12-14-32(15-13-31)26(34)24-9-5-17-36-24)20-30-16-19-38-28(21-30)10-4-3-7-22-6-1-2-8-23(22)37-18-11-29-27(28)35/h1-2,5-6,8-9,17H,3-4,7,10-16,18-21H2,(H,29,35). The molecule has 1 aromatic carbocycles. The third-order valence-electron chi connectivity index (χ3n) is 7.58. The molecule has 3 aliphatic rings. The average molecular weight is 525 g/mol. The number of para-hydroxylation sites is 1. The minimum absolute atomic E-state index is 0.00529. The second-order valence-electron chi connectivity index (χ2n) is 10.1. The van der Waals surface area contributed by atoms with Crippen LogP contribution in [0.4, 0.5) is 0 Å². The number of fused-ring (bicyclic) bond motifs is 1. The topological polar surface area (TPSA) is 105 Å². The molecule has 0 radical (unpaired) electrons. The van der Waals surface area contributed by atoms with Crippen molar-refractivity contribution in [3.05, 3.63) is 54.0 Å². The lowest BCUT2D eigenvalue weighted by Crippen LogP contribution is -2.61. The molecular weight excluding hydrogens is 488 g/mol. The highest BCUT2D eigenvalue weighted by Gasteiger charge is 2.43. The molecule has 1 unspecified atom stereocenters. The molecule has 1 aromatic heterocycles. The number of amides is 3. The van der Waals surface area contributed by atoms with Gasteiger partial charge in [0.05, 0.1) is 26.0 Å². The minimum Gasteiger partial charge on any atom is -0.491 e. The Bertz CT molecular complexity index is 1110. The van der Waals surface area contributed by atoms with Gasteiger partial charge in [0.1, 0.15) is 12.4 Å². The number of hydrogen-bond donors (Lipinski definition) is 1. The van der Waals surface area contributed by atoms with E-state index in [4.69, 9.17) is 13.9 Å². The fraction of sp³-hybridized carbons (Fsp3) is 0.536. The van der Waals surface area contributed by atoms with Gasteiger partial charge in [0.2, 0.25) is 5.91 Å². The highest BCUT2D eigenvalue weighted by atomic mass is 16.5. The molecule has 0 aliphatic carbocycles. The van der Waals surface area contributed by atoms with Crippen molar-refractivity contribution in [3.63, 3.8) is 0 Å². The molecule has 2 fully saturated rings. The van der Waals surface area contributed by atoms with Crippen LogP contribution in [0, 0.1) is 0 Å². The number of nitrogens with zero attached hydrogens (tertiary/aromatic N) is 3. The molecule has 0 bridgehead atoms. The number of aryl methyl sites for hydroxylation is 1. The monoisotopic (exact) mass is 524 g/mol. The fourth-order valence-electron chi connectivity index (χ4n) is 5.46. The Morgan fingerprint density at radius 1 is 0.947 bits per heavy atom. The van der Waals surface area contributed by atoms with Gasteiger partial charge in [-0.05, 0) is 49.4 Å². The lowest BCUT2D eigenvalue weighted by molar-refractivity contribution is -0.164. The van der Waals surface area contributed by atoms with Gasteiger partial charge in [-0.2, -0.15) is 0 Å². The maximum atomic E-state index is 13.3. The van der Waals surface area contributed by atoms with Crippen molar-refractivity contribution in [2.45, 2.75) is 31.3 Å². The van der Waals surface area contributed by atoms with Crippen molar-refractivity contribution in [2.75, 3.05) is 65.6 Å². The first-order valence-electron chi connectivity index (χ1n) is 13.5. The van der Waals surface area contributed by atoms with E-state index in [9.17, 15) is 14.4 Å². The number of carbonyl (C=O) groups excluding carboxylic acids is 3. The second kappa shape index (κ2) is 12.0. The Balaban J connectivity index is 1.16. The number of benzene rings is 1. The predicted molar refractivity (Wildman–Crippen MR) is 139 cm³/mol. The van der Waals surface area contributed by atoms with E-state index in [1.807, 2.05) is 23.1 Å². The largest absolute Gasteiger partial charge is 0.491 e. The first-order chi connectivity index (χ1) is 18.5. The Kier molecular flexibility index (Phi) is 8.29.